The number of hydrogen-bond donors (Lipinski definition) is 0. The van der Waals surface area contributed by atoms with E-state index in [-0.39, 0.29) is 0 Å². The summed E-state index contributed by atoms with van der Waals surface area (Å²) in [6.45, 7) is 6.25. The van der Waals surface area contributed by atoms with Gasteiger partial charge in [-0.15, -0.1) is 0 Å². The van der Waals surface area contributed by atoms with Gasteiger partial charge in [0.05, 0.1) is 6.20 Å². The Balaban J connectivity index is 1.48. The van der Waals surface area contributed by atoms with Crippen LogP contribution in [0.25, 0.3) is 5.65 Å². The van der Waals surface area contributed by atoms with Crippen LogP contribution in [-0.4, -0.2) is 37.5 Å². The molecule has 154 valence electrons. The number of hydrogen-bond acceptors (Lipinski definition) is 4. The highest BCUT2D eigenvalue weighted by atomic mass is 16.2. The van der Waals surface area contributed by atoms with Gasteiger partial charge in [0.15, 0.2) is 5.65 Å². The normalized spacial score (nSPS) is 21.9. The molecule has 0 aliphatic heterocycles. The van der Waals surface area contributed by atoms with Crippen molar-refractivity contribution in [1.29, 1.82) is 5.26 Å². The summed E-state index contributed by atoms with van der Waals surface area (Å²) < 4.78 is 1.73. The first-order valence-electron chi connectivity index (χ1n) is 11.1. The molecular formula is C23H31N5O. The average Bonchev–Trinajstić information content (AvgIpc) is 3.47. The maximum Gasteiger partial charge on any atom is 0.223 e. The highest BCUT2D eigenvalue weighted by Gasteiger charge is 2.38. The van der Waals surface area contributed by atoms with Crippen molar-refractivity contribution in [2.24, 2.45) is 5.92 Å². The van der Waals surface area contributed by atoms with Crippen LogP contribution < -0.4 is 0 Å². The molecule has 0 atom stereocenters. The van der Waals surface area contributed by atoms with E-state index < -0.39 is 0 Å². The van der Waals surface area contributed by atoms with Crippen LogP contribution in [0, 0.1) is 31.1 Å². The number of amides is 1. The number of rotatable bonds is 6. The average molecular weight is 394 g/mol. The quantitative estimate of drug-likeness (QED) is 0.740. The summed E-state index contributed by atoms with van der Waals surface area (Å²) in [5.41, 5.74) is 4.03. The molecule has 0 bridgehead atoms. The van der Waals surface area contributed by atoms with E-state index in [1.807, 2.05) is 13.8 Å². The lowest BCUT2D eigenvalue weighted by atomic mass is 9.83. The van der Waals surface area contributed by atoms with E-state index in [4.69, 9.17) is 0 Å². The third-order valence-electron chi connectivity index (χ3n) is 6.93. The summed E-state index contributed by atoms with van der Waals surface area (Å²) >= 11 is 0. The van der Waals surface area contributed by atoms with E-state index in [0.717, 1.165) is 48.6 Å². The molecule has 2 aliphatic carbocycles. The minimum atomic E-state index is 0.296. The molecule has 6 heteroatoms. The van der Waals surface area contributed by atoms with Crippen molar-refractivity contribution in [3.8, 4) is 6.07 Å². The zero-order valence-electron chi connectivity index (χ0n) is 17.8. The molecule has 2 heterocycles. The van der Waals surface area contributed by atoms with E-state index in [1.54, 1.807) is 10.7 Å². The van der Waals surface area contributed by atoms with Crippen molar-refractivity contribution < 1.29 is 4.79 Å². The Morgan fingerprint density at radius 3 is 2.45 bits per heavy atom. The number of fused-ring (bicyclic) bond motifs is 1. The molecule has 0 aromatic carbocycles. The van der Waals surface area contributed by atoms with Crippen molar-refractivity contribution in [2.75, 3.05) is 0 Å². The Hall–Kier alpha value is -2.42. The molecule has 0 saturated heterocycles. The third kappa shape index (κ3) is 3.88. The summed E-state index contributed by atoms with van der Waals surface area (Å²) in [6, 6.07) is 3.05. The first kappa shape index (κ1) is 19.9. The molecular weight excluding hydrogens is 362 g/mol. The molecule has 4 rings (SSSR count). The lowest BCUT2D eigenvalue weighted by Crippen LogP contribution is -2.44. The second kappa shape index (κ2) is 8.14. The van der Waals surface area contributed by atoms with Crippen LogP contribution in [0.3, 0.4) is 0 Å². The zero-order valence-corrected chi connectivity index (χ0v) is 17.8. The van der Waals surface area contributed by atoms with Gasteiger partial charge in [0, 0.05) is 29.9 Å². The van der Waals surface area contributed by atoms with Crippen LogP contribution in [0.2, 0.25) is 0 Å². The molecule has 0 radical (unpaired) electrons. The number of aryl methyl sites for hydroxylation is 2. The lowest BCUT2D eigenvalue weighted by Gasteiger charge is -2.37. The Morgan fingerprint density at radius 1 is 1.21 bits per heavy atom. The number of carbonyl (C=O) groups excluding carboxylic acids is 1. The Kier molecular flexibility index (Phi) is 5.58. The number of nitrogens with zero attached hydrogens (tertiary/aromatic N) is 5. The molecule has 1 amide bonds. The molecule has 0 spiro atoms. The summed E-state index contributed by atoms with van der Waals surface area (Å²) in [4.78, 5) is 20.1. The van der Waals surface area contributed by atoms with Gasteiger partial charge in [-0.2, -0.15) is 10.4 Å². The molecule has 2 saturated carbocycles. The smallest absolute Gasteiger partial charge is 0.223 e. The highest BCUT2D eigenvalue weighted by molar-refractivity contribution is 5.77. The van der Waals surface area contributed by atoms with Crippen molar-refractivity contribution in [3.63, 3.8) is 0 Å². The molecule has 2 aromatic heterocycles. The van der Waals surface area contributed by atoms with Crippen LogP contribution in [-0.2, 0) is 11.2 Å². The minimum Gasteiger partial charge on any atom is -0.337 e. The Labute approximate surface area is 172 Å². The van der Waals surface area contributed by atoms with E-state index in [9.17, 15) is 10.1 Å². The number of aromatic nitrogens is 3. The van der Waals surface area contributed by atoms with Crippen molar-refractivity contribution in [2.45, 2.75) is 90.6 Å². The lowest BCUT2D eigenvalue weighted by molar-refractivity contribution is -0.135. The summed E-state index contributed by atoms with van der Waals surface area (Å²) in [7, 11) is 0. The number of carbonyl (C=O) groups is 1. The van der Waals surface area contributed by atoms with Gasteiger partial charge >= 0.3 is 0 Å². The molecule has 0 unspecified atom stereocenters. The van der Waals surface area contributed by atoms with Gasteiger partial charge in [-0.1, -0.05) is 13.3 Å². The molecule has 29 heavy (non-hydrogen) atoms. The maximum absolute atomic E-state index is 13.2. The second-order valence-electron chi connectivity index (χ2n) is 8.78. The van der Waals surface area contributed by atoms with Crippen molar-refractivity contribution in [3.05, 3.63) is 28.7 Å². The maximum atomic E-state index is 13.2. The molecule has 2 aromatic rings. The van der Waals surface area contributed by atoms with E-state index in [0.29, 0.717) is 42.0 Å². The second-order valence-corrected chi connectivity index (χ2v) is 8.78. The van der Waals surface area contributed by atoms with Crippen molar-refractivity contribution in [1.82, 2.24) is 19.5 Å². The van der Waals surface area contributed by atoms with Crippen LogP contribution in [0.4, 0.5) is 0 Å². The van der Waals surface area contributed by atoms with Gasteiger partial charge in [-0.05, 0) is 70.3 Å². The minimum absolute atomic E-state index is 0.296. The monoisotopic (exact) mass is 393 g/mol. The SMILES string of the molecule is CCC1CCC(N(C(=O)CCc2c(C)nc3c(C#N)cnn3c2C)C2CC2)CC1. The summed E-state index contributed by atoms with van der Waals surface area (Å²) in [5.74, 6) is 1.14. The zero-order chi connectivity index (χ0) is 20.5. The predicted octanol–water partition coefficient (Wildman–Crippen LogP) is 4.11. The van der Waals surface area contributed by atoms with E-state index >= 15 is 0 Å². The van der Waals surface area contributed by atoms with Gasteiger partial charge in [-0.25, -0.2) is 9.50 Å². The first-order chi connectivity index (χ1) is 14.0. The molecule has 2 fully saturated rings. The largest absolute Gasteiger partial charge is 0.337 e. The Morgan fingerprint density at radius 2 is 1.86 bits per heavy atom. The van der Waals surface area contributed by atoms with Crippen LogP contribution in [0.15, 0.2) is 6.20 Å². The van der Waals surface area contributed by atoms with E-state index in [1.165, 1.54) is 19.3 Å². The Bertz CT molecular complexity index is 944. The van der Waals surface area contributed by atoms with Gasteiger partial charge < -0.3 is 4.90 Å². The first-order valence-corrected chi connectivity index (χ1v) is 11.1. The van der Waals surface area contributed by atoms with Gasteiger partial charge in [0.1, 0.15) is 11.6 Å². The van der Waals surface area contributed by atoms with Crippen LogP contribution in [0.1, 0.15) is 80.8 Å². The van der Waals surface area contributed by atoms with Crippen LogP contribution >= 0.6 is 0 Å². The van der Waals surface area contributed by atoms with E-state index in [2.05, 4.69) is 28.0 Å². The fourth-order valence-electron chi connectivity index (χ4n) is 5.00. The van der Waals surface area contributed by atoms with Crippen LogP contribution in [0.5, 0.6) is 0 Å². The predicted molar refractivity (Wildman–Crippen MR) is 111 cm³/mol. The third-order valence-corrected chi connectivity index (χ3v) is 6.93. The molecule has 2 aliphatic rings. The van der Waals surface area contributed by atoms with Gasteiger partial charge in [-0.3, -0.25) is 4.79 Å². The fourth-order valence-corrected chi connectivity index (χ4v) is 5.00. The highest BCUT2D eigenvalue weighted by Crippen LogP contribution is 2.36. The van der Waals surface area contributed by atoms with Gasteiger partial charge in [0.2, 0.25) is 5.91 Å². The van der Waals surface area contributed by atoms with Crippen molar-refractivity contribution >= 4 is 11.6 Å². The fraction of sp³-hybridized carbons (Fsp3) is 0.652. The molecule has 6 nitrogen and oxygen atoms in total. The standard InChI is InChI=1S/C23H31N5O/c1-4-17-5-7-19(8-6-17)27(20-9-10-20)22(29)12-11-21-15(2)26-23-18(13-24)14-25-28(23)16(21)3/h14,17,19-20H,4-12H2,1-3H3. The van der Waals surface area contributed by atoms with Gasteiger partial charge in [0.25, 0.3) is 0 Å². The number of nitriles is 1. The molecule has 0 N–H and O–H groups in total. The summed E-state index contributed by atoms with van der Waals surface area (Å²) in [5, 5.41) is 13.5. The summed E-state index contributed by atoms with van der Waals surface area (Å²) in [6.07, 6.45) is 11.2. The topological polar surface area (TPSA) is 74.3 Å².